The summed E-state index contributed by atoms with van der Waals surface area (Å²) in [6, 6.07) is 3.61. The van der Waals surface area contributed by atoms with Crippen molar-refractivity contribution in [3.8, 4) is 12.3 Å². The van der Waals surface area contributed by atoms with E-state index in [2.05, 4.69) is 11.2 Å². The second-order valence-electron chi connectivity index (χ2n) is 3.59. The number of carbonyl (C=O) groups is 2. The third kappa shape index (κ3) is 3.59. The number of rotatable bonds is 3. The quantitative estimate of drug-likeness (QED) is 0.658. The fourth-order valence-corrected chi connectivity index (χ4v) is 1.22. The first-order chi connectivity index (χ1) is 8.43. The molecule has 0 aromatic heterocycles. The Morgan fingerprint density at radius 3 is 2.72 bits per heavy atom. The van der Waals surface area contributed by atoms with E-state index in [9.17, 15) is 14.0 Å². The number of nitrogens with one attached hydrogen (secondary N) is 1. The fourth-order valence-electron chi connectivity index (χ4n) is 1.22. The third-order valence-corrected chi connectivity index (χ3v) is 2.03. The lowest BCUT2D eigenvalue weighted by Gasteiger charge is -2.09. The Balaban J connectivity index is 2.97. The molecule has 1 amide bonds. The van der Waals surface area contributed by atoms with Gasteiger partial charge in [0.25, 0.3) is 0 Å². The van der Waals surface area contributed by atoms with E-state index >= 15 is 0 Å². The maximum atomic E-state index is 13.4. The van der Waals surface area contributed by atoms with Crippen LogP contribution in [0.15, 0.2) is 18.2 Å². The van der Waals surface area contributed by atoms with Gasteiger partial charge in [0.2, 0.25) is 5.91 Å². The van der Waals surface area contributed by atoms with Gasteiger partial charge in [-0.3, -0.25) is 4.79 Å². The molecule has 1 atom stereocenters. The molecular formula is C13H12FNO3. The van der Waals surface area contributed by atoms with E-state index in [-0.39, 0.29) is 11.5 Å². The molecule has 4 nitrogen and oxygen atoms in total. The molecule has 1 N–H and O–H groups in total. The highest BCUT2D eigenvalue weighted by molar-refractivity contribution is 5.94. The molecule has 1 rings (SSSR count). The minimum absolute atomic E-state index is 0.275. The van der Waals surface area contributed by atoms with Crippen LogP contribution in [0.5, 0.6) is 0 Å². The molecule has 0 aliphatic heterocycles. The van der Waals surface area contributed by atoms with Crippen molar-refractivity contribution >= 4 is 17.6 Å². The van der Waals surface area contributed by atoms with Gasteiger partial charge in [0.15, 0.2) is 6.10 Å². The maximum Gasteiger partial charge on any atom is 0.342 e. The summed E-state index contributed by atoms with van der Waals surface area (Å²) < 4.78 is 18.2. The topological polar surface area (TPSA) is 55.4 Å². The predicted octanol–water partition coefficient (Wildman–Crippen LogP) is 1.96. The normalized spacial score (nSPS) is 11.2. The minimum atomic E-state index is -0.870. The van der Waals surface area contributed by atoms with Gasteiger partial charge < -0.3 is 10.1 Å². The summed E-state index contributed by atoms with van der Waals surface area (Å²) in [6.45, 7) is 2.80. The number of hydrogen-bond acceptors (Lipinski definition) is 3. The summed E-state index contributed by atoms with van der Waals surface area (Å²) in [5.74, 6) is 0.267. The molecule has 0 saturated carbocycles. The summed E-state index contributed by atoms with van der Waals surface area (Å²) in [4.78, 5) is 22.5. The standard InChI is InChI=1S/C13H12FNO3/c1-4-8(2)18-13(17)11-7-10(15-9(3)16)5-6-12(11)14/h1,5-8H,2-3H3,(H,15,16). The van der Waals surface area contributed by atoms with Gasteiger partial charge in [-0.25, -0.2) is 9.18 Å². The van der Waals surface area contributed by atoms with Crippen LogP contribution in [-0.2, 0) is 9.53 Å². The number of hydrogen-bond donors (Lipinski definition) is 1. The molecule has 1 aromatic rings. The van der Waals surface area contributed by atoms with E-state index in [1.54, 1.807) is 0 Å². The summed E-state index contributed by atoms with van der Waals surface area (Å²) in [6.07, 6.45) is 4.31. The van der Waals surface area contributed by atoms with Crippen molar-refractivity contribution in [1.29, 1.82) is 0 Å². The number of benzene rings is 1. The molecular weight excluding hydrogens is 237 g/mol. The van der Waals surface area contributed by atoms with Gasteiger partial charge in [0.05, 0.1) is 5.56 Å². The lowest BCUT2D eigenvalue weighted by Crippen LogP contribution is -2.15. The molecule has 94 valence electrons. The number of terminal acetylenes is 1. The molecule has 18 heavy (non-hydrogen) atoms. The van der Waals surface area contributed by atoms with E-state index in [0.717, 1.165) is 6.07 Å². The van der Waals surface area contributed by atoms with Crippen LogP contribution in [0.2, 0.25) is 0 Å². The first kappa shape index (κ1) is 13.7. The Morgan fingerprint density at radius 2 is 2.17 bits per heavy atom. The zero-order chi connectivity index (χ0) is 13.7. The van der Waals surface area contributed by atoms with Crippen molar-refractivity contribution in [2.24, 2.45) is 0 Å². The summed E-state index contributed by atoms with van der Waals surface area (Å²) in [5.41, 5.74) is 0.0348. The van der Waals surface area contributed by atoms with Crippen molar-refractivity contribution in [1.82, 2.24) is 0 Å². The SMILES string of the molecule is C#CC(C)OC(=O)c1cc(NC(C)=O)ccc1F. The molecule has 0 radical (unpaired) electrons. The van der Waals surface area contributed by atoms with Crippen molar-refractivity contribution in [2.45, 2.75) is 20.0 Å². The lowest BCUT2D eigenvalue weighted by molar-refractivity contribution is -0.114. The molecule has 0 heterocycles. The maximum absolute atomic E-state index is 13.4. The second-order valence-corrected chi connectivity index (χ2v) is 3.59. The summed E-state index contributed by atoms with van der Waals surface area (Å²) >= 11 is 0. The average molecular weight is 249 g/mol. The third-order valence-electron chi connectivity index (χ3n) is 2.03. The van der Waals surface area contributed by atoms with Crippen LogP contribution in [0.25, 0.3) is 0 Å². The van der Waals surface area contributed by atoms with Crippen LogP contribution in [0.3, 0.4) is 0 Å². The highest BCUT2D eigenvalue weighted by atomic mass is 19.1. The van der Waals surface area contributed by atoms with Crippen molar-refractivity contribution in [2.75, 3.05) is 5.32 Å². The van der Waals surface area contributed by atoms with Crippen LogP contribution >= 0.6 is 0 Å². The number of anilines is 1. The Morgan fingerprint density at radius 1 is 1.50 bits per heavy atom. The predicted molar refractivity (Wildman–Crippen MR) is 64.4 cm³/mol. The Hall–Kier alpha value is -2.35. The van der Waals surface area contributed by atoms with Gasteiger partial charge in [-0.2, -0.15) is 0 Å². The van der Waals surface area contributed by atoms with E-state index in [4.69, 9.17) is 11.2 Å². The molecule has 5 heteroatoms. The van der Waals surface area contributed by atoms with Gasteiger partial charge in [0, 0.05) is 12.6 Å². The van der Waals surface area contributed by atoms with Crippen molar-refractivity contribution in [3.05, 3.63) is 29.6 Å². The molecule has 0 aliphatic rings. The van der Waals surface area contributed by atoms with Gasteiger partial charge in [-0.05, 0) is 25.1 Å². The van der Waals surface area contributed by atoms with E-state index in [0.29, 0.717) is 5.69 Å². The molecule has 0 aliphatic carbocycles. The zero-order valence-electron chi connectivity index (χ0n) is 9.99. The zero-order valence-corrected chi connectivity index (χ0v) is 9.99. The average Bonchev–Trinajstić information content (AvgIpc) is 2.30. The van der Waals surface area contributed by atoms with Gasteiger partial charge >= 0.3 is 5.97 Å². The summed E-state index contributed by atoms with van der Waals surface area (Å²) in [5, 5.41) is 2.44. The smallest absolute Gasteiger partial charge is 0.342 e. The Labute approximate surface area is 104 Å². The molecule has 0 saturated heterocycles. The summed E-state index contributed by atoms with van der Waals surface area (Å²) in [7, 11) is 0. The first-order valence-corrected chi connectivity index (χ1v) is 5.18. The molecule has 0 spiro atoms. The number of ether oxygens (including phenoxy) is 1. The van der Waals surface area contributed by atoms with Crippen molar-refractivity contribution < 1.29 is 18.7 Å². The van der Waals surface area contributed by atoms with Crippen LogP contribution < -0.4 is 5.32 Å². The van der Waals surface area contributed by atoms with Crippen molar-refractivity contribution in [3.63, 3.8) is 0 Å². The van der Waals surface area contributed by atoms with E-state index < -0.39 is 17.9 Å². The number of amides is 1. The van der Waals surface area contributed by atoms with Gasteiger partial charge in [-0.15, -0.1) is 6.42 Å². The van der Waals surface area contributed by atoms with Gasteiger partial charge in [-0.1, -0.05) is 5.92 Å². The van der Waals surface area contributed by atoms with Crippen LogP contribution in [0.1, 0.15) is 24.2 Å². The minimum Gasteiger partial charge on any atom is -0.446 e. The molecule has 1 unspecified atom stereocenters. The van der Waals surface area contributed by atoms with Crippen LogP contribution in [-0.4, -0.2) is 18.0 Å². The largest absolute Gasteiger partial charge is 0.446 e. The second kappa shape index (κ2) is 5.82. The van der Waals surface area contributed by atoms with Crippen LogP contribution in [0.4, 0.5) is 10.1 Å². The number of esters is 1. The Kier molecular flexibility index (Phi) is 4.44. The highest BCUT2D eigenvalue weighted by Crippen LogP contribution is 2.16. The fraction of sp³-hybridized carbons (Fsp3) is 0.231. The van der Waals surface area contributed by atoms with E-state index in [1.165, 1.54) is 26.0 Å². The highest BCUT2D eigenvalue weighted by Gasteiger charge is 2.16. The lowest BCUT2D eigenvalue weighted by atomic mass is 10.2. The number of halogens is 1. The molecule has 0 fully saturated rings. The van der Waals surface area contributed by atoms with Gasteiger partial charge in [0.1, 0.15) is 5.82 Å². The molecule has 1 aromatic carbocycles. The first-order valence-electron chi connectivity index (χ1n) is 5.18. The monoisotopic (exact) mass is 249 g/mol. The number of carbonyl (C=O) groups excluding carboxylic acids is 2. The Bertz CT molecular complexity index is 519. The van der Waals surface area contributed by atoms with Crippen LogP contribution in [0, 0.1) is 18.2 Å². The van der Waals surface area contributed by atoms with E-state index in [1.807, 2.05) is 0 Å². The molecule has 0 bridgehead atoms.